The molecule has 2 aliphatic heterocycles. The van der Waals surface area contributed by atoms with Crippen molar-refractivity contribution in [2.24, 2.45) is 0 Å². The number of nitrogens with one attached hydrogen (secondary N) is 2. The Morgan fingerprint density at radius 1 is 1.39 bits per heavy atom. The van der Waals surface area contributed by atoms with Crippen molar-refractivity contribution in [1.82, 2.24) is 29.7 Å². The van der Waals surface area contributed by atoms with Gasteiger partial charge in [0.05, 0.1) is 18.3 Å². The Morgan fingerprint density at radius 3 is 3.13 bits per heavy atom. The number of carbonyl (C=O) groups is 2. The second-order valence-corrected chi connectivity index (χ2v) is 5.83. The number of anilines is 1. The standard InChI is InChI=1S/C14H17N7O2/c1-19-10-4-7-20(8-9(10)17-13(19)22)14(23)18-12-2-5-15-11-3-6-16-21(11)12/h2-3,5-6,9-10H,4,7-8H2,1H3,(H,17,22)(H,18,23)/t9-,10+/m1/s1. The van der Waals surface area contributed by atoms with E-state index in [2.05, 4.69) is 20.7 Å². The number of nitrogens with zero attached hydrogens (tertiary/aromatic N) is 5. The molecule has 2 atom stereocenters. The van der Waals surface area contributed by atoms with Crippen LogP contribution in [0.2, 0.25) is 0 Å². The van der Waals surface area contributed by atoms with Gasteiger partial charge in [0.1, 0.15) is 5.82 Å². The largest absolute Gasteiger partial charge is 0.331 e. The highest BCUT2D eigenvalue weighted by Gasteiger charge is 2.41. The van der Waals surface area contributed by atoms with E-state index >= 15 is 0 Å². The van der Waals surface area contributed by atoms with E-state index in [1.165, 1.54) is 0 Å². The zero-order valence-corrected chi connectivity index (χ0v) is 12.6. The topological polar surface area (TPSA) is 94.9 Å². The molecule has 2 fully saturated rings. The van der Waals surface area contributed by atoms with Crippen LogP contribution in [0.1, 0.15) is 6.42 Å². The lowest BCUT2D eigenvalue weighted by molar-refractivity contribution is 0.162. The molecule has 2 N–H and O–H groups in total. The molecule has 0 spiro atoms. The molecule has 120 valence electrons. The van der Waals surface area contributed by atoms with Gasteiger partial charge in [-0.05, 0) is 12.5 Å². The van der Waals surface area contributed by atoms with Crippen LogP contribution in [-0.4, -0.2) is 68.7 Å². The maximum Gasteiger partial charge on any atom is 0.323 e. The van der Waals surface area contributed by atoms with Crippen molar-refractivity contribution in [3.63, 3.8) is 0 Å². The number of likely N-dealkylation sites (tertiary alicyclic amines) is 1. The molecular formula is C14H17N7O2. The number of amides is 4. The van der Waals surface area contributed by atoms with Gasteiger partial charge in [-0.1, -0.05) is 0 Å². The number of fused-ring (bicyclic) bond motifs is 2. The lowest BCUT2D eigenvalue weighted by atomic mass is 10.0. The number of piperidine rings is 1. The van der Waals surface area contributed by atoms with Crippen LogP contribution < -0.4 is 10.6 Å². The van der Waals surface area contributed by atoms with Crippen molar-refractivity contribution >= 4 is 23.5 Å². The van der Waals surface area contributed by atoms with E-state index in [0.29, 0.717) is 24.6 Å². The van der Waals surface area contributed by atoms with Gasteiger partial charge in [0.15, 0.2) is 5.65 Å². The fourth-order valence-electron chi connectivity index (χ4n) is 3.26. The summed E-state index contributed by atoms with van der Waals surface area (Å²) in [6.45, 7) is 1.11. The molecule has 9 nitrogen and oxygen atoms in total. The van der Waals surface area contributed by atoms with Crippen LogP contribution in [0.3, 0.4) is 0 Å². The second-order valence-electron chi connectivity index (χ2n) is 5.83. The normalized spacial score (nSPS) is 23.8. The number of aromatic nitrogens is 3. The van der Waals surface area contributed by atoms with Gasteiger partial charge >= 0.3 is 12.1 Å². The fraction of sp³-hybridized carbons (Fsp3) is 0.429. The van der Waals surface area contributed by atoms with E-state index in [-0.39, 0.29) is 24.1 Å². The van der Waals surface area contributed by atoms with Gasteiger partial charge in [0.25, 0.3) is 0 Å². The van der Waals surface area contributed by atoms with Crippen molar-refractivity contribution in [2.75, 3.05) is 25.5 Å². The Morgan fingerprint density at radius 2 is 2.26 bits per heavy atom. The number of hydrogen-bond donors (Lipinski definition) is 2. The minimum absolute atomic E-state index is 0.0193. The van der Waals surface area contributed by atoms with Gasteiger partial charge in [-0.25, -0.2) is 14.6 Å². The predicted octanol–water partition coefficient (Wildman–Crippen LogP) is 0.359. The third kappa shape index (κ3) is 2.24. The summed E-state index contributed by atoms with van der Waals surface area (Å²) in [5.74, 6) is 0.569. The number of urea groups is 2. The Labute approximate surface area is 132 Å². The molecule has 9 heteroatoms. The molecule has 2 aromatic heterocycles. The summed E-state index contributed by atoms with van der Waals surface area (Å²) in [5, 5.41) is 9.93. The van der Waals surface area contributed by atoms with Gasteiger partial charge in [0, 0.05) is 32.4 Å². The van der Waals surface area contributed by atoms with E-state index in [4.69, 9.17) is 0 Å². The van der Waals surface area contributed by atoms with Crippen molar-refractivity contribution in [3.05, 3.63) is 24.5 Å². The van der Waals surface area contributed by atoms with Gasteiger partial charge < -0.3 is 15.1 Å². The lowest BCUT2D eigenvalue weighted by Crippen LogP contribution is -2.53. The molecule has 2 aliphatic rings. The van der Waals surface area contributed by atoms with Gasteiger partial charge in [-0.3, -0.25) is 5.32 Å². The molecule has 23 heavy (non-hydrogen) atoms. The number of rotatable bonds is 1. The van der Waals surface area contributed by atoms with E-state index < -0.39 is 0 Å². The molecule has 0 unspecified atom stereocenters. The molecular weight excluding hydrogens is 298 g/mol. The summed E-state index contributed by atoms with van der Waals surface area (Å²) in [7, 11) is 1.79. The summed E-state index contributed by atoms with van der Waals surface area (Å²) in [4.78, 5) is 31.8. The van der Waals surface area contributed by atoms with E-state index in [1.54, 1.807) is 45.9 Å². The predicted molar refractivity (Wildman–Crippen MR) is 82.1 cm³/mol. The van der Waals surface area contributed by atoms with Gasteiger partial charge in [-0.2, -0.15) is 9.61 Å². The summed E-state index contributed by atoms with van der Waals surface area (Å²) in [6, 6.07) is 3.34. The van der Waals surface area contributed by atoms with E-state index in [9.17, 15) is 9.59 Å². The van der Waals surface area contributed by atoms with Crippen LogP contribution in [0.25, 0.3) is 5.65 Å². The van der Waals surface area contributed by atoms with Crippen LogP contribution in [0.5, 0.6) is 0 Å². The molecule has 0 bridgehead atoms. The number of carbonyl (C=O) groups excluding carboxylic acids is 2. The van der Waals surface area contributed by atoms with Crippen molar-refractivity contribution < 1.29 is 9.59 Å². The highest BCUT2D eigenvalue weighted by Crippen LogP contribution is 2.22. The molecule has 0 radical (unpaired) electrons. The van der Waals surface area contributed by atoms with Crippen LogP contribution in [0, 0.1) is 0 Å². The summed E-state index contributed by atoms with van der Waals surface area (Å²) < 4.78 is 1.58. The number of likely N-dealkylation sites (N-methyl/N-ethyl adjacent to an activating group) is 1. The minimum Gasteiger partial charge on any atom is -0.331 e. The third-order valence-electron chi connectivity index (χ3n) is 4.52. The molecule has 0 saturated carbocycles. The van der Waals surface area contributed by atoms with Crippen molar-refractivity contribution in [1.29, 1.82) is 0 Å². The molecule has 2 aromatic rings. The monoisotopic (exact) mass is 315 g/mol. The molecule has 4 heterocycles. The highest BCUT2D eigenvalue weighted by molar-refractivity contribution is 5.89. The van der Waals surface area contributed by atoms with Gasteiger partial charge in [-0.15, -0.1) is 0 Å². The molecule has 0 aliphatic carbocycles. The Bertz CT molecular complexity index is 773. The summed E-state index contributed by atoms with van der Waals surface area (Å²) >= 11 is 0. The van der Waals surface area contributed by atoms with Crippen LogP contribution in [0.4, 0.5) is 15.4 Å². The molecule has 2 saturated heterocycles. The zero-order valence-electron chi connectivity index (χ0n) is 12.6. The van der Waals surface area contributed by atoms with E-state index in [1.807, 2.05) is 0 Å². The molecule has 0 aromatic carbocycles. The third-order valence-corrected chi connectivity index (χ3v) is 4.52. The second kappa shape index (κ2) is 5.11. The summed E-state index contributed by atoms with van der Waals surface area (Å²) in [5.41, 5.74) is 0.672. The Kier molecular flexibility index (Phi) is 3.07. The SMILES string of the molecule is CN1C(=O)N[C@@H]2CN(C(=O)Nc3ccnc4ccnn34)CC[C@@H]21. The smallest absolute Gasteiger partial charge is 0.323 e. The highest BCUT2D eigenvalue weighted by atomic mass is 16.2. The quantitative estimate of drug-likeness (QED) is 0.794. The van der Waals surface area contributed by atoms with Crippen LogP contribution >= 0.6 is 0 Å². The first-order chi connectivity index (χ1) is 11.1. The maximum atomic E-state index is 12.5. The average Bonchev–Trinajstić information content (AvgIpc) is 3.13. The molecule has 4 amide bonds. The van der Waals surface area contributed by atoms with Crippen LogP contribution in [-0.2, 0) is 0 Å². The average molecular weight is 315 g/mol. The first-order valence-corrected chi connectivity index (χ1v) is 7.51. The first kappa shape index (κ1) is 13.8. The van der Waals surface area contributed by atoms with Crippen molar-refractivity contribution in [3.8, 4) is 0 Å². The maximum absolute atomic E-state index is 12.5. The molecule has 4 rings (SSSR count). The van der Waals surface area contributed by atoms with Crippen molar-refractivity contribution in [2.45, 2.75) is 18.5 Å². The first-order valence-electron chi connectivity index (χ1n) is 7.51. The summed E-state index contributed by atoms with van der Waals surface area (Å²) in [6.07, 6.45) is 4.03. The fourth-order valence-corrected chi connectivity index (χ4v) is 3.26. The Balaban J connectivity index is 1.48. The number of hydrogen-bond acceptors (Lipinski definition) is 4. The Hall–Kier alpha value is -2.84. The van der Waals surface area contributed by atoms with E-state index in [0.717, 1.165) is 6.42 Å². The lowest BCUT2D eigenvalue weighted by Gasteiger charge is -2.35. The minimum atomic E-state index is -0.199. The van der Waals surface area contributed by atoms with Gasteiger partial charge in [0.2, 0.25) is 0 Å². The van der Waals surface area contributed by atoms with Crippen LogP contribution in [0.15, 0.2) is 24.5 Å². The zero-order chi connectivity index (χ0) is 16.0.